The second kappa shape index (κ2) is 5.72. The van der Waals surface area contributed by atoms with Gasteiger partial charge in [0.2, 0.25) is 0 Å². The number of alkyl halides is 3. The number of amides is 1. The van der Waals surface area contributed by atoms with Crippen LogP contribution in [0.4, 0.5) is 18.0 Å². The van der Waals surface area contributed by atoms with Crippen LogP contribution >= 0.6 is 0 Å². The molecule has 1 aromatic carbocycles. The van der Waals surface area contributed by atoms with Crippen molar-refractivity contribution in [3.63, 3.8) is 0 Å². The van der Waals surface area contributed by atoms with Crippen LogP contribution in [0.15, 0.2) is 24.3 Å². The van der Waals surface area contributed by atoms with Crippen LogP contribution < -0.4 is 5.73 Å². The Kier molecular flexibility index (Phi) is 4.55. The van der Waals surface area contributed by atoms with Crippen molar-refractivity contribution in [2.24, 2.45) is 5.73 Å². The van der Waals surface area contributed by atoms with Gasteiger partial charge in [-0.2, -0.15) is 13.2 Å². The molecule has 18 heavy (non-hydrogen) atoms. The molecule has 0 aliphatic heterocycles. The molecule has 0 aliphatic rings. The van der Waals surface area contributed by atoms with Crippen molar-refractivity contribution in [2.75, 3.05) is 13.2 Å². The van der Waals surface area contributed by atoms with E-state index in [-0.39, 0.29) is 5.56 Å². The Labute approximate surface area is 101 Å². The lowest BCUT2D eigenvalue weighted by Gasteiger charge is -2.19. The van der Waals surface area contributed by atoms with Crippen molar-refractivity contribution in [3.05, 3.63) is 35.4 Å². The van der Waals surface area contributed by atoms with E-state index < -0.39 is 37.0 Å². The zero-order valence-corrected chi connectivity index (χ0v) is 9.28. The number of nitrogens with two attached hydrogens (primary N) is 1. The number of ether oxygens (including phenoxy) is 1. The van der Waals surface area contributed by atoms with Crippen molar-refractivity contribution in [1.29, 1.82) is 0 Å². The highest BCUT2D eigenvalue weighted by atomic mass is 19.4. The van der Waals surface area contributed by atoms with E-state index in [1.807, 2.05) is 0 Å². The smallest absolute Gasteiger partial charge is 0.416 e. The SMILES string of the molecule is NC(=O)OC[C@H](CO)c1ccccc1C(F)(F)F. The first-order chi connectivity index (χ1) is 8.36. The van der Waals surface area contributed by atoms with Crippen molar-refractivity contribution >= 4 is 6.09 Å². The van der Waals surface area contributed by atoms with E-state index in [9.17, 15) is 18.0 Å². The Bertz CT molecular complexity index is 420. The van der Waals surface area contributed by atoms with Gasteiger partial charge in [-0.05, 0) is 11.6 Å². The molecule has 0 bridgehead atoms. The number of hydrogen-bond donors (Lipinski definition) is 2. The highest BCUT2D eigenvalue weighted by Crippen LogP contribution is 2.35. The first-order valence-corrected chi connectivity index (χ1v) is 5.05. The van der Waals surface area contributed by atoms with Gasteiger partial charge in [0, 0.05) is 5.92 Å². The topological polar surface area (TPSA) is 72.6 Å². The van der Waals surface area contributed by atoms with Crippen LogP contribution in [0.5, 0.6) is 0 Å². The summed E-state index contributed by atoms with van der Waals surface area (Å²) in [4.78, 5) is 10.4. The van der Waals surface area contributed by atoms with Gasteiger partial charge in [-0.15, -0.1) is 0 Å². The molecule has 0 saturated carbocycles. The molecule has 1 amide bonds. The molecule has 0 unspecified atom stereocenters. The van der Waals surface area contributed by atoms with Crippen LogP contribution in [0.3, 0.4) is 0 Å². The summed E-state index contributed by atoms with van der Waals surface area (Å²) in [5, 5.41) is 9.08. The van der Waals surface area contributed by atoms with Crippen LogP contribution in [0.2, 0.25) is 0 Å². The predicted octanol–water partition coefficient (Wildman–Crippen LogP) is 1.88. The van der Waals surface area contributed by atoms with Crippen LogP contribution in [0.25, 0.3) is 0 Å². The molecule has 7 heteroatoms. The van der Waals surface area contributed by atoms with Crippen LogP contribution in [-0.4, -0.2) is 24.4 Å². The lowest BCUT2D eigenvalue weighted by atomic mass is 9.95. The second-order valence-corrected chi connectivity index (χ2v) is 3.59. The van der Waals surface area contributed by atoms with E-state index in [4.69, 9.17) is 10.8 Å². The quantitative estimate of drug-likeness (QED) is 0.871. The molecule has 3 N–H and O–H groups in total. The Balaban J connectivity index is 3.02. The Morgan fingerprint density at radius 2 is 2.00 bits per heavy atom. The molecular weight excluding hydrogens is 251 g/mol. The summed E-state index contributed by atoms with van der Waals surface area (Å²) < 4.78 is 42.6. The second-order valence-electron chi connectivity index (χ2n) is 3.59. The monoisotopic (exact) mass is 263 g/mol. The largest absolute Gasteiger partial charge is 0.449 e. The summed E-state index contributed by atoms with van der Waals surface area (Å²) in [6, 6.07) is 4.80. The number of carbonyl (C=O) groups is 1. The summed E-state index contributed by atoms with van der Waals surface area (Å²) in [6.07, 6.45) is -5.63. The number of primary amides is 1. The predicted molar refractivity (Wildman–Crippen MR) is 56.8 cm³/mol. The minimum Gasteiger partial charge on any atom is -0.449 e. The molecule has 1 rings (SSSR count). The summed E-state index contributed by atoms with van der Waals surface area (Å²) >= 11 is 0. The summed E-state index contributed by atoms with van der Waals surface area (Å²) in [5.41, 5.74) is 3.74. The third kappa shape index (κ3) is 3.63. The van der Waals surface area contributed by atoms with Gasteiger partial charge >= 0.3 is 12.3 Å². The molecule has 4 nitrogen and oxygen atoms in total. The first kappa shape index (κ1) is 14.3. The zero-order chi connectivity index (χ0) is 13.8. The zero-order valence-electron chi connectivity index (χ0n) is 9.28. The summed E-state index contributed by atoms with van der Waals surface area (Å²) in [5.74, 6) is -0.963. The normalized spacial score (nSPS) is 13.1. The molecule has 0 aliphatic carbocycles. The van der Waals surface area contributed by atoms with Crippen LogP contribution in [0, 0.1) is 0 Å². The Morgan fingerprint density at radius 3 is 2.50 bits per heavy atom. The average Bonchev–Trinajstić information content (AvgIpc) is 2.29. The van der Waals surface area contributed by atoms with E-state index >= 15 is 0 Å². The molecule has 0 saturated heterocycles. The number of benzene rings is 1. The van der Waals surface area contributed by atoms with Crippen molar-refractivity contribution in [1.82, 2.24) is 0 Å². The van der Waals surface area contributed by atoms with Gasteiger partial charge in [-0.25, -0.2) is 4.79 Å². The minimum atomic E-state index is -4.53. The molecule has 0 heterocycles. The average molecular weight is 263 g/mol. The Hall–Kier alpha value is -1.76. The maximum Gasteiger partial charge on any atom is 0.416 e. The number of aliphatic hydroxyl groups excluding tert-OH is 1. The molecule has 0 radical (unpaired) electrons. The maximum atomic E-state index is 12.7. The molecular formula is C11H12F3NO3. The summed E-state index contributed by atoms with van der Waals surface area (Å²) in [7, 11) is 0. The minimum absolute atomic E-state index is 0.131. The van der Waals surface area contributed by atoms with Gasteiger partial charge in [0.1, 0.15) is 6.61 Å². The van der Waals surface area contributed by atoms with Crippen molar-refractivity contribution in [2.45, 2.75) is 12.1 Å². The van der Waals surface area contributed by atoms with E-state index in [0.29, 0.717) is 0 Å². The molecule has 1 atom stereocenters. The van der Waals surface area contributed by atoms with Gasteiger partial charge in [0.05, 0.1) is 12.2 Å². The van der Waals surface area contributed by atoms with Crippen LogP contribution in [-0.2, 0) is 10.9 Å². The molecule has 100 valence electrons. The van der Waals surface area contributed by atoms with Gasteiger partial charge in [0.25, 0.3) is 0 Å². The molecule has 1 aromatic rings. The standard InChI is InChI=1S/C11H12F3NO3/c12-11(13,14)9-4-2-1-3-8(9)7(5-16)6-18-10(15)17/h1-4,7,16H,5-6H2,(H2,15,17)/t7-/m0/s1. The lowest BCUT2D eigenvalue weighted by Crippen LogP contribution is -2.22. The Morgan fingerprint density at radius 1 is 1.39 bits per heavy atom. The fourth-order valence-electron chi connectivity index (χ4n) is 1.53. The lowest BCUT2D eigenvalue weighted by molar-refractivity contribution is -0.138. The molecule has 0 spiro atoms. The fourth-order valence-corrected chi connectivity index (χ4v) is 1.53. The highest BCUT2D eigenvalue weighted by Gasteiger charge is 2.34. The molecule has 0 aromatic heterocycles. The highest BCUT2D eigenvalue weighted by molar-refractivity contribution is 5.64. The third-order valence-electron chi connectivity index (χ3n) is 2.35. The fraction of sp³-hybridized carbons (Fsp3) is 0.364. The van der Waals surface area contributed by atoms with Crippen molar-refractivity contribution in [3.8, 4) is 0 Å². The molecule has 0 fully saturated rings. The van der Waals surface area contributed by atoms with Gasteiger partial charge in [-0.3, -0.25) is 0 Å². The van der Waals surface area contributed by atoms with E-state index in [2.05, 4.69) is 4.74 Å². The van der Waals surface area contributed by atoms with Crippen molar-refractivity contribution < 1.29 is 27.8 Å². The number of halogens is 3. The van der Waals surface area contributed by atoms with Gasteiger partial charge < -0.3 is 15.6 Å². The first-order valence-electron chi connectivity index (χ1n) is 5.05. The number of carbonyl (C=O) groups excluding carboxylic acids is 1. The number of hydrogen-bond acceptors (Lipinski definition) is 3. The number of rotatable bonds is 4. The number of aliphatic hydroxyl groups is 1. The van der Waals surface area contributed by atoms with Gasteiger partial charge in [-0.1, -0.05) is 18.2 Å². The van der Waals surface area contributed by atoms with E-state index in [1.165, 1.54) is 18.2 Å². The van der Waals surface area contributed by atoms with Gasteiger partial charge in [0.15, 0.2) is 0 Å². The van der Waals surface area contributed by atoms with E-state index in [1.54, 1.807) is 0 Å². The third-order valence-corrected chi connectivity index (χ3v) is 2.35. The van der Waals surface area contributed by atoms with E-state index in [0.717, 1.165) is 6.07 Å². The summed E-state index contributed by atoms with van der Waals surface area (Å²) in [6.45, 7) is -0.987. The van der Waals surface area contributed by atoms with Crippen LogP contribution in [0.1, 0.15) is 17.0 Å². The maximum absolute atomic E-state index is 12.7.